The number of phenols is 1. The second-order valence-electron chi connectivity index (χ2n) is 7.81. The highest BCUT2D eigenvalue weighted by atomic mass is 16.3. The Hall–Kier alpha value is -1.02. The zero-order valence-corrected chi connectivity index (χ0v) is 14.0. The highest BCUT2D eigenvalue weighted by molar-refractivity contribution is 5.28. The number of benzene rings is 1. The van der Waals surface area contributed by atoms with Crippen molar-refractivity contribution in [2.24, 2.45) is 17.3 Å². The van der Waals surface area contributed by atoms with Crippen molar-refractivity contribution in [1.29, 1.82) is 0 Å². The quantitative estimate of drug-likeness (QED) is 0.826. The number of rotatable bonds is 4. The second-order valence-corrected chi connectivity index (χ2v) is 7.81. The minimum atomic E-state index is 0.303. The summed E-state index contributed by atoms with van der Waals surface area (Å²) >= 11 is 0. The standard InChI is InChI=1S/C19H31NO/c1-14(16-6-5-7-18(21)12-16)20-13-15-8-10-17(11-9-15)19(2,3)4/h5-7,12,14-15,17,20-21H,8-11,13H2,1-4H3. The van der Waals surface area contributed by atoms with E-state index >= 15 is 0 Å². The third-order valence-electron chi connectivity index (χ3n) is 5.15. The van der Waals surface area contributed by atoms with Crippen molar-refractivity contribution >= 4 is 0 Å². The first kappa shape index (κ1) is 16.4. The van der Waals surface area contributed by atoms with Gasteiger partial charge < -0.3 is 10.4 Å². The van der Waals surface area contributed by atoms with Crippen LogP contribution in [0.25, 0.3) is 0 Å². The Morgan fingerprint density at radius 3 is 2.43 bits per heavy atom. The third-order valence-corrected chi connectivity index (χ3v) is 5.15. The molecule has 1 aliphatic carbocycles. The first-order chi connectivity index (χ1) is 9.86. The van der Waals surface area contributed by atoms with Crippen molar-refractivity contribution in [1.82, 2.24) is 5.32 Å². The van der Waals surface area contributed by atoms with Crippen LogP contribution in [0.2, 0.25) is 0 Å². The Morgan fingerprint density at radius 2 is 1.86 bits per heavy atom. The van der Waals surface area contributed by atoms with Crippen LogP contribution in [0.15, 0.2) is 24.3 Å². The summed E-state index contributed by atoms with van der Waals surface area (Å²) in [4.78, 5) is 0. The zero-order chi connectivity index (χ0) is 15.5. The predicted octanol–water partition coefficient (Wildman–Crippen LogP) is 4.90. The van der Waals surface area contributed by atoms with Gasteiger partial charge in [-0.2, -0.15) is 0 Å². The fourth-order valence-electron chi connectivity index (χ4n) is 3.49. The van der Waals surface area contributed by atoms with E-state index in [1.165, 1.54) is 31.2 Å². The molecule has 0 heterocycles. The molecule has 0 aliphatic heterocycles. The predicted molar refractivity (Wildman–Crippen MR) is 89.4 cm³/mol. The largest absolute Gasteiger partial charge is 0.508 e. The summed E-state index contributed by atoms with van der Waals surface area (Å²) in [5, 5.41) is 13.2. The molecule has 1 aromatic carbocycles. The second kappa shape index (κ2) is 6.83. The number of hydrogen-bond acceptors (Lipinski definition) is 2. The van der Waals surface area contributed by atoms with Crippen molar-refractivity contribution in [3.05, 3.63) is 29.8 Å². The van der Waals surface area contributed by atoms with Crippen LogP contribution in [-0.2, 0) is 0 Å². The van der Waals surface area contributed by atoms with Gasteiger partial charge >= 0.3 is 0 Å². The summed E-state index contributed by atoms with van der Waals surface area (Å²) in [5.41, 5.74) is 1.63. The fraction of sp³-hybridized carbons (Fsp3) is 0.684. The molecule has 2 nitrogen and oxygen atoms in total. The monoisotopic (exact) mass is 289 g/mol. The van der Waals surface area contributed by atoms with E-state index in [0.29, 0.717) is 17.2 Å². The summed E-state index contributed by atoms with van der Waals surface area (Å²) < 4.78 is 0. The maximum atomic E-state index is 9.56. The Morgan fingerprint density at radius 1 is 1.19 bits per heavy atom. The average Bonchev–Trinajstić information content (AvgIpc) is 2.44. The summed E-state index contributed by atoms with van der Waals surface area (Å²) in [5.74, 6) is 2.05. The molecule has 21 heavy (non-hydrogen) atoms. The molecule has 0 radical (unpaired) electrons. The van der Waals surface area contributed by atoms with Crippen LogP contribution in [0, 0.1) is 17.3 Å². The van der Waals surface area contributed by atoms with E-state index in [9.17, 15) is 5.11 Å². The molecule has 0 spiro atoms. The van der Waals surface area contributed by atoms with E-state index in [2.05, 4.69) is 39.1 Å². The van der Waals surface area contributed by atoms with Crippen LogP contribution >= 0.6 is 0 Å². The fourth-order valence-corrected chi connectivity index (χ4v) is 3.49. The normalized spacial score (nSPS) is 24.8. The van der Waals surface area contributed by atoms with Crippen LogP contribution in [0.1, 0.15) is 65.0 Å². The SMILES string of the molecule is CC(NCC1CCC(C(C)(C)C)CC1)c1cccc(O)c1. The number of aromatic hydroxyl groups is 1. The van der Waals surface area contributed by atoms with Crippen LogP contribution in [0.3, 0.4) is 0 Å². The molecule has 2 heteroatoms. The number of nitrogens with one attached hydrogen (secondary N) is 1. The Kier molecular flexibility index (Phi) is 5.32. The Balaban J connectivity index is 1.77. The minimum Gasteiger partial charge on any atom is -0.508 e. The van der Waals surface area contributed by atoms with Gasteiger partial charge in [0.2, 0.25) is 0 Å². The van der Waals surface area contributed by atoms with Gasteiger partial charge in [-0.3, -0.25) is 0 Å². The van der Waals surface area contributed by atoms with E-state index in [4.69, 9.17) is 0 Å². The molecule has 1 saturated carbocycles. The molecule has 0 amide bonds. The van der Waals surface area contributed by atoms with Crippen molar-refractivity contribution in [2.75, 3.05) is 6.54 Å². The summed E-state index contributed by atoms with van der Waals surface area (Å²) in [6.07, 6.45) is 5.44. The van der Waals surface area contributed by atoms with Crippen molar-refractivity contribution in [2.45, 2.75) is 59.4 Å². The number of hydrogen-bond donors (Lipinski definition) is 2. The van der Waals surface area contributed by atoms with Crippen molar-refractivity contribution in [3.63, 3.8) is 0 Å². The van der Waals surface area contributed by atoms with Crippen LogP contribution in [-0.4, -0.2) is 11.7 Å². The molecule has 0 saturated heterocycles. The Bertz CT molecular complexity index is 441. The molecule has 1 unspecified atom stereocenters. The third kappa shape index (κ3) is 4.74. The average molecular weight is 289 g/mol. The minimum absolute atomic E-state index is 0.303. The van der Waals surface area contributed by atoms with Crippen LogP contribution < -0.4 is 5.32 Å². The van der Waals surface area contributed by atoms with Gasteiger partial charge in [-0.15, -0.1) is 0 Å². The molecule has 118 valence electrons. The molecule has 2 rings (SSSR count). The van der Waals surface area contributed by atoms with E-state index < -0.39 is 0 Å². The van der Waals surface area contributed by atoms with Crippen molar-refractivity contribution in [3.8, 4) is 5.75 Å². The smallest absolute Gasteiger partial charge is 0.115 e. The summed E-state index contributed by atoms with van der Waals surface area (Å²) in [7, 11) is 0. The molecule has 0 bridgehead atoms. The van der Waals surface area contributed by atoms with Gasteiger partial charge in [-0.25, -0.2) is 0 Å². The van der Waals surface area contributed by atoms with Gasteiger partial charge in [-0.05, 0) is 74.1 Å². The van der Waals surface area contributed by atoms with Gasteiger partial charge in [0.15, 0.2) is 0 Å². The molecule has 0 aromatic heterocycles. The topological polar surface area (TPSA) is 32.3 Å². The molecule has 1 fully saturated rings. The van der Waals surface area contributed by atoms with Gasteiger partial charge in [0.25, 0.3) is 0 Å². The molecular weight excluding hydrogens is 258 g/mol. The van der Waals surface area contributed by atoms with E-state index in [-0.39, 0.29) is 0 Å². The molecule has 2 N–H and O–H groups in total. The summed E-state index contributed by atoms with van der Waals surface area (Å²) in [6.45, 7) is 10.4. The molecule has 1 atom stereocenters. The van der Waals surface area contributed by atoms with Crippen LogP contribution in [0.5, 0.6) is 5.75 Å². The van der Waals surface area contributed by atoms with Gasteiger partial charge in [0.05, 0.1) is 0 Å². The molecular formula is C19H31NO. The first-order valence-corrected chi connectivity index (χ1v) is 8.38. The van der Waals surface area contributed by atoms with Crippen molar-refractivity contribution < 1.29 is 5.11 Å². The maximum Gasteiger partial charge on any atom is 0.115 e. The van der Waals surface area contributed by atoms with Gasteiger partial charge in [-0.1, -0.05) is 32.9 Å². The number of phenolic OH excluding ortho intramolecular Hbond substituents is 1. The zero-order valence-electron chi connectivity index (χ0n) is 14.0. The lowest BCUT2D eigenvalue weighted by molar-refractivity contribution is 0.148. The maximum absolute atomic E-state index is 9.56. The lowest BCUT2D eigenvalue weighted by Crippen LogP contribution is -2.31. The van der Waals surface area contributed by atoms with E-state index in [0.717, 1.165) is 18.4 Å². The summed E-state index contributed by atoms with van der Waals surface area (Å²) in [6, 6.07) is 7.88. The van der Waals surface area contributed by atoms with E-state index in [1.54, 1.807) is 6.07 Å². The molecule has 1 aromatic rings. The Labute approximate surface area is 130 Å². The lowest BCUT2D eigenvalue weighted by Gasteiger charge is -2.37. The first-order valence-electron chi connectivity index (χ1n) is 8.38. The highest BCUT2D eigenvalue weighted by Gasteiger charge is 2.29. The van der Waals surface area contributed by atoms with Crippen LogP contribution in [0.4, 0.5) is 0 Å². The molecule has 1 aliphatic rings. The highest BCUT2D eigenvalue weighted by Crippen LogP contribution is 2.39. The van der Waals surface area contributed by atoms with Gasteiger partial charge in [0, 0.05) is 6.04 Å². The van der Waals surface area contributed by atoms with E-state index in [1.807, 2.05) is 12.1 Å². The lowest BCUT2D eigenvalue weighted by atomic mass is 9.70. The van der Waals surface area contributed by atoms with Gasteiger partial charge in [0.1, 0.15) is 5.75 Å².